The number of aromatic hydroxyl groups is 1. The molecule has 0 radical (unpaired) electrons. The van der Waals surface area contributed by atoms with Gasteiger partial charge < -0.3 is 9.67 Å². The highest BCUT2D eigenvalue weighted by Crippen LogP contribution is 2.35. The van der Waals surface area contributed by atoms with Crippen LogP contribution < -0.4 is 5.56 Å². The quantitative estimate of drug-likeness (QED) is 0.545. The fraction of sp³-hybridized carbons (Fsp3) is 0.385. The number of nitrogens with zero attached hydrogens (tertiary/aromatic N) is 3. The van der Waals surface area contributed by atoms with Crippen molar-refractivity contribution in [3.63, 3.8) is 0 Å². The molecule has 4 rings (SSSR count). The summed E-state index contributed by atoms with van der Waals surface area (Å²) in [6.45, 7) is 6.40. The Bertz CT molecular complexity index is 1100. The summed E-state index contributed by atoms with van der Waals surface area (Å²) in [5.41, 5.74) is 3.07. The molecule has 1 aliphatic rings. The van der Waals surface area contributed by atoms with Gasteiger partial charge >= 0.3 is 0 Å². The number of hydrogen-bond acceptors (Lipinski definition) is 5. The van der Waals surface area contributed by atoms with Gasteiger partial charge in [-0.05, 0) is 80.4 Å². The Kier molecular flexibility index (Phi) is 7.01. The van der Waals surface area contributed by atoms with E-state index in [9.17, 15) is 9.90 Å². The first kappa shape index (κ1) is 22.6. The smallest absolute Gasteiger partial charge is 0.259 e. The number of hydrogen-bond donors (Lipinski definition) is 1. The summed E-state index contributed by atoms with van der Waals surface area (Å²) >= 11 is 1.70. The predicted octanol–water partition coefficient (Wildman–Crippen LogP) is 4.85. The zero-order valence-corrected chi connectivity index (χ0v) is 19.8. The first-order valence-electron chi connectivity index (χ1n) is 11.2. The molecule has 0 unspecified atom stereocenters. The molecule has 3 heterocycles. The van der Waals surface area contributed by atoms with Crippen molar-refractivity contribution >= 4 is 11.8 Å². The fourth-order valence-corrected chi connectivity index (χ4v) is 4.94. The first-order valence-corrected chi connectivity index (χ1v) is 12.4. The Morgan fingerprint density at radius 2 is 1.91 bits per heavy atom. The standard InChI is InChI=1S/C26H31N3O2S/c1-18-10-13-28(14-11-18)25(21-6-8-22(32-3)9-7-21)24-23(30)15-19(2)29(26(24)31)17-20-5-4-12-27-16-20/h4-9,12,15-16,18,25,30H,10-11,13-14,17H2,1-3H3/t25-/m1/s1. The third-order valence-electron chi connectivity index (χ3n) is 6.47. The number of aryl methyl sites for hydroxylation is 1. The van der Waals surface area contributed by atoms with Crippen molar-refractivity contribution in [3.05, 3.63) is 87.6 Å². The minimum Gasteiger partial charge on any atom is -0.507 e. The summed E-state index contributed by atoms with van der Waals surface area (Å²) in [6, 6.07) is 13.7. The van der Waals surface area contributed by atoms with E-state index in [-0.39, 0.29) is 17.4 Å². The normalized spacial score (nSPS) is 16.2. The Hall–Kier alpha value is -2.57. The Balaban J connectivity index is 1.82. The van der Waals surface area contributed by atoms with Crippen LogP contribution in [0.3, 0.4) is 0 Å². The van der Waals surface area contributed by atoms with Gasteiger partial charge in [0.1, 0.15) is 5.75 Å². The second kappa shape index (κ2) is 9.92. The first-order chi connectivity index (χ1) is 15.5. The fourth-order valence-electron chi connectivity index (χ4n) is 4.53. The van der Waals surface area contributed by atoms with Crippen LogP contribution in [-0.4, -0.2) is 38.9 Å². The molecule has 5 nitrogen and oxygen atoms in total. The number of benzene rings is 1. The number of rotatable bonds is 6. The van der Waals surface area contributed by atoms with E-state index in [2.05, 4.69) is 47.3 Å². The molecule has 32 heavy (non-hydrogen) atoms. The highest BCUT2D eigenvalue weighted by atomic mass is 32.2. The molecule has 0 saturated carbocycles. The number of thioether (sulfide) groups is 1. The van der Waals surface area contributed by atoms with Crippen molar-refractivity contribution in [1.29, 1.82) is 0 Å². The molecule has 168 valence electrons. The van der Waals surface area contributed by atoms with Crippen molar-refractivity contribution in [1.82, 2.24) is 14.5 Å². The van der Waals surface area contributed by atoms with Gasteiger partial charge in [-0.2, -0.15) is 0 Å². The summed E-state index contributed by atoms with van der Waals surface area (Å²) in [5.74, 6) is 0.757. The maximum Gasteiger partial charge on any atom is 0.259 e. The van der Waals surface area contributed by atoms with E-state index in [1.165, 1.54) is 4.90 Å². The van der Waals surface area contributed by atoms with Gasteiger partial charge in [-0.3, -0.25) is 14.7 Å². The molecule has 1 aromatic carbocycles. The van der Waals surface area contributed by atoms with Crippen LogP contribution in [0.25, 0.3) is 0 Å². The van der Waals surface area contributed by atoms with Crippen LogP contribution in [0.4, 0.5) is 0 Å². The third kappa shape index (κ3) is 4.76. The zero-order valence-electron chi connectivity index (χ0n) is 19.0. The van der Waals surface area contributed by atoms with Crippen LogP contribution in [0.1, 0.15) is 48.2 Å². The van der Waals surface area contributed by atoms with E-state index in [0.717, 1.165) is 42.8 Å². The van der Waals surface area contributed by atoms with Crippen LogP contribution in [0, 0.1) is 12.8 Å². The third-order valence-corrected chi connectivity index (χ3v) is 7.22. The molecule has 0 spiro atoms. The van der Waals surface area contributed by atoms with Crippen molar-refractivity contribution in [2.75, 3.05) is 19.3 Å². The van der Waals surface area contributed by atoms with Crippen molar-refractivity contribution in [3.8, 4) is 5.75 Å². The van der Waals surface area contributed by atoms with Crippen LogP contribution in [0.2, 0.25) is 0 Å². The molecule has 1 atom stereocenters. The van der Waals surface area contributed by atoms with Gasteiger partial charge in [-0.25, -0.2) is 0 Å². The van der Waals surface area contributed by atoms with Crippen LogP contribution in [0.15, 0.2) is 64.5 Å². The van der Waals surface area contributed by atoms with Gasteiger partial charge in [-0.15, -0.1) is 11.8 Å². The largest absolute Gasteiger partial charge is 0.507 e. The molecule has 0 bridgehead atoms. The summed E-state index contributed by atoms with van der Waals surface area (Å²) in [6.07, 6.45) is 7.75. The molecule has 3 aromatic rings. The lowest BCUT2D eigenvalue weighted by Crippen LogP contribution is -2.40. The maximum atomic E-state index is 13.8. The molecule has 1 fully saturated rings. The van der Waals surface area contributed by atoms with E-state index >= 15 is 0 Å². The van der Waals surface area contributed by atoms with E-state index in [1.807, 2.05) is 19.1 Å². The average Bonchev–Trinajstić information content (AvgIpc) is 2.81. The van der Waals surface area contributed by atoms with Crippen molar-refractivity contribution in [2.45, 2.75) is 44.2 Å². The van der Waals surface area contributed by atoms with Gasteiger partial charge in [-0.1, -0.05) is 25.1 Å². The molecular weight excluding hydrogens is 418 g/mol. The monoisotopic (exact) mass is 449 g/mol. The highest BCUT2D eigenvalue weighted by molar-refractivity contribution is 7.98. The number of piperidine rings is 1. The lowest BCUT2D eigenvalue weighted by Gasteiger charge is -2.37. The lowest BCUT2D eigenvalue weighted by atomic mass is 9.92. The van der Waals surface area contributed by atoms with E-state index < -0.39 is 0 Å². The van der Waals surface area contributed by atoms with E-state index in [4.69, 9.17) is 0 Å². The molecule has 1 aliphatic heterocycles. The number of likely N-dealkylation sites (tertiary alicyclic amines) is 1. The topological polar surface area (TPSA) is 58.4 Å². The maximum absolute atomic E-state index is 13.8. The Morgan fingerprint density at radius 3 is 2.53 bits per heavy atom. The van der Waals surface area contributed by atoms with Crippen molar-refractivity contribution in [2.24, 2.45) is 5.92 Å². The van der Waals surface area contributed by atoms with E-state index in [0.29, 0.717) is 18.0 Å². The van der Waals surface area contributed by atoms with Crippen molar-refractivity contribution < 1.29 is 5.11 Å². The van der Waals surface area contributed by atoms with Gasteiger partial charge in [0, 0.05) is 23.0 Å². The number of pyridine rings is 2. The van der Waals surface area contributed by atoms with Crippen LogP contribution >= 0.6 is 11.8 Å². The molecule has 1 N–H and O–H groups in total. The average molecular weight is 450 g/mol. The summed E-state index contributed by atoms with van der Waals surface area (Å²) in [7, 11) is 0. The summed E-state index contributed by atoms with van der Waals surface area (Å²) in [5, 5.41) is 11.0. The number of aromatic nitrogens is 2. The lowest BCUT2D eigenvalue weighted by molar-refractivity contribution is 0.154. The molecule has 1 saturated heterocycles. The predicted molar refractivity (Wildman–Crippen MR) is 130 cm³/mol. The Morgan fingerprint density at radius 1 is 1.19 bits per heavy atom. The SMILES string of the molecule is CSc1ccc([C@H](c2c(O)cc(C)n(Cc3cccnc3)c2=O)N2CCC(C)CC2)cc1. The summed E-state index contributed by atoms with van der Waals surface area (Å²) < 4.78 is 1.75. The second-order valence-electron chi connectivity index (χ2n) is 8.73. The van der Waals surface area contributed by atoms with Crippen LogP contribution in [-0.2, 0) is 6.54 Å². The van der Waals surface area contributed by atoms with Crippen LogP contribution in [0.5, 0.6) is 5.75 Å². The minimum atomic E-state index is -0.272. The van der Waals surface area contributed by atoms with Gasteiger partial charge in [0.25, 0.3) is 5.56 Å². The summed E-state index contributed by atoms with van der Waals surface area (Å²) in [4.78, 5) is 21.5. The minimum absolute atomic E-state index is 0.0764. The molecule has 0 amide bonds. The second-order valence-corrected chi connectivity index (χ2v) is 9.61. The van der Waals surface area contributed by atoms with E-state index in [1.54, 1.807) is 34.8 Å². The molecule has 6 heteroatoms. The molecule has 2 aromatic heterocycles. The highest BCUT2D eigenvalue weighted by Gasteiger charge is 2.31. The van der Waals surface area contributed by atoms with Gasteiger partial charge in [0.15, 0.2) is 0 Å². The van der Waals surface area contributed by atoms with Gasteiger partial charge in [0.2, 0.25) is 0 Å². The molecule has 0 aliphatic carbocycles. The van der Waals surface area contributed by atoms with Gasteiger partial charge in [0.05, 0.1) is 18.2 Å². The Labute approximate surface area is 194 Å². The molecular formula is C26H31N3O2S. The zero-order chi connectivity index (χ0) is 22.7.